The molecule has 0 unspecified atom stereocenters. The third kappa shape index (κ3) is 2.34. The lowest BCUT2D eigenvalue weighted by Gasteiger charge is -1.96. The van der Waals surface area contributed by atoms with Crippen LogP contribution in [-0.2, 0) is 0 Å². The molecule has 2 N–H and O–H groups in total. The minimum Gasteiger partial charge on any atom is -0.369 e. The van der Waals surface area contributed by atoms with E-state index in [9.17, 15) is 0 Å². The van der Waals surface area contributed by atoms with Gasteiger partial charge in [-0.2, -0.15) is 5.10 Å². The number of anilines is 1. The largest absolute Gasteiger partial charge is 0.369 e. The molecule has 0 aromatic carbocycles. The topological polar surface area (TPSA) is 53.6 Å². The van der Waals surface area contributed by atoms with Gasteiger partial charge in [0.05, 0.1) is 5.69 Å². The Balaban J connectivity index is 2.14. The first kappa shape index (κ1) is 9.71. The lowest BCUT2D eigenvalue weighted by molar-refractivity contribution is 0.961. The summed E-state index contributed by atoms with van der Waals surface area (Å²) < 4.78 is 0. The average Bonchev–Trinajstić information content (AvgIpc) is 2.76. The molecule has 0 atom stereocenters. The molecule has 0 aliphatic rings. The lowest BCUT2D eigenvalue weighted by atomic mass is 10.2. The second-order valence-corrected chi connectivity index (χ2v) is 3.34. The van der Waals surface area contributed by atoms with Crippen molar-refractivity contribution in [3.05, 3.63) is 30.6 Å². The Morgan fingerprint density at radius 3 is 3.13 bits per heavy atom. The van der Waals surface area contributed by atoms with Crippen molar-refractivity contribution >= 4 is 5.82 Å². The van der Waals surface area contributed by atoms with E-state index < -0.39 is 0 Å². The van der Waals surface area contributed by atoms with E-state index in [0.717, 1.165) is 30.0 Å². The Kier molecular flexibility index (Phi) is 2.97. The van der Waals surface area contributed by atoms with Crippen LogP contribution in [0.2, 0.25) is 0 Å². The monoisotopic (exact) mass is 202 g/mol. The van der Waals surface area contributed by atoms with Gasteiger partial charge >= 0.3 is 0 Å². The van der Waals surface area contributed by atoms with Gasteiger partial charge in [0.25, 0.3) is 0 Å². The van der Waals surface area contributed by atoms with E-state index in [0.29, 0.717) is 0 Å². The summed E-state index contributed by atoms with van der Waals surface area (Å²) in [5.74, 6) is 0.885. The van der Waals surface area contributed by atoms with Gasteiger partial charge in [-0.3, -0.25) is 10.1 Å². The predicted octanol–water partition coefficient (Wildman–Crippen LogP) is 2.29. The average molecular weight is 202 g/mol. The number of rotatable bonds is 4. The Bertz CT molecular complexity index is 408. The van der Waals surface area contributed by atoms with Crippen LogP contribution in [0.3, 0.4) is 0 Å². The maximum Gasteiger partial charge on any atom is 0.148 e. The highest BCUT2D eigenvalue weighted by atomic mass is 15.2. The maximum absolute atomic E-state index is 4.17. The molecule has 0 aliphatic heterocycles. The van der Waals surface area contributed by atoms with Crippen molar-refractivity contribution in [3.63, 3.8) is 0 Å². The number of H-pyrrole nitrogens is 1. The summed E-state index contributed by atoms with van der Waals surface area (Å²) in [4.78, 5) is 4.06. The fourth-order valence-corrected chi connectivity index (χ4v) is 1.34. The van der Waals surface area contributed by atoms with Crippen molar-refractivity contribution < 1.29 is 0 Å². The van der Waals surface area contributed by atoms with Gasteiger partial charge in [-0.05, 0) is 18.6 Å². The molecule has 0 amide bonds. The molecule has 2 aromatic rings. The summed E-state index contributed by atoms with van der Waals surface area (Å²) in [6.45, 7) is 3.07. The van der Waals surface area contributed by atoms with Crippen LogP contribution in [0.5, 0.6) is 0 Å². The maximum atomic E-state index is 4.17. The molecule has 0 saturated heterocycles. The molecule has 0 fully saturated rings. The van der Waals surface area contributed by atoms with E-state index in [1.165, 1.54) is 0 Å². The summed E-state index contributed by atoms with van der Waals surface area (Å²) in [7, 11) is 0. The Hall–Kier alpha value is -1.84. The summed E-state index contributed by atoms with van der Waals surface area (Å²) in [5.41, 5.74) is 2.04. The van der Waals surface area contributed by atoms with Gasteiger partial charge in [0.15, 0.2) is 0 Å². The predicted molar refractivity (Wildman–Crippen MR) is 60.6 cm³/mol. The molecule has 15 heavy (non-hydrogen) atoms. The lowest BCUT2D eigenvalue weighted by Crippen LogP contribution is -1.99. The highest BCUT2D eigenvalue weighted by molar-refractivity contribution is 5.61. The Morgan fingerprint density at radius 1 is 1.47 bits per heavy atom. The highest BCUT2D eigenvalue weighted by Gasteiger charge is 2.01. The molecule has 0 spiro atoms. The van der Waals surface area contributed by atoms with Crippen LogP contribution in [0.15, 0.2) is 30.6 Å². The standard InChI is InChI=1S/C11H14N4/c1-2-5-13-11-7-10(14-15-11)9-4-3-6-12-8-9/h3-4,6-8H,2,5H2,1H3,(H2,13,14,15). The van der Waals surface area contributed by atoms with Crippen molar-refractivity contribution in [1.82, 2.24) is 15.2 Å². The number of nitrogens with zero attached hydrogens (tertiary/aromatic N) is 2. The normalized spacial score (nSPS) is 10.2. The van der Waals surface area contributed by atoms with E-state index >= 15 is 0 Å². The smallest absolute Gasteiger partial charge is 0.148 e. The second kappa shape index (κ2) is 4.59. The third-order valence-corrected chi connectivity index (χ3v) is 2.11. The van der Waals surface area contributed by atoms with Crippen molar-refractivity contribution in [1.29, 1.82) is 0 Å². The molecule has 0 aliphatic carbocycles. The molecule has 4 nitrogen and oxygen atoms in total. The van der Waals surface area contributed by atoms with Crippen molar-refractivity contribution in [3.8, 4) is 11.3 Å². The molecule has 0 radical (unpaired) electrons. The van der Waals surface area contributed by atoms with Gasteiger partial charge in [-0.1, -0.05) is 6.92 Å². The zero-order valence-electron chi connectivity index (χ0n) is 8.70. The van der Waals surface area contributed by atoms with Crippen LogP contribution in [0, 0.1) is 0 Å². The number of hydrogen-bond acceptors (Lipinski definition) is 3. The summed E-state index contributed by atoms with van der Waals surface area (Å²) >= 11 is 0. The van der Waals surface area contributed by atoms with Gasteiger partial charge in [0, 0.05) is 30.6 Å². The summed E-state index contributed by atoms with van der Waals surface area (Å²) in [6, 6.07) is 5.91. The van der Waals surface area contributed by atoms with Crippen LogP contribution >= 0.6 is 0 Å². The zero-order chi connectivity index (χ0) is 10.5. The van der Waals surface area contributed by atoms with E-state index in [4.69, 9.17) is 0 Å². The van der Waals surface area contributed by atoms with Crippen LogP contribution in [0.1, 0.15) is 13.3 Å². The van der Waals surface area contributed by atoms with Gasteiger partial charge in [-0.15, -0.1) is 0 Å². The first-order chi connectivity index (χ1) is 7.40. The number of aromatic nitrogens is 3. The van der Waals surface area contributed by atoms with Gasteiger partial charge in [0.2, 0.25) is 0 Å². The summed E-state index contributed by atoms with van der Waals surface area (Å²) in [6.07, 6.45) is 4.67. The minimum absolute atomic E-state index is 0.885. The first-order valence-corrected chi connectivity index (χ1v) is 5.10. The molecule has 78 valence electrons. The molecule has 2 aromatic heterocycles. The van der Waals surface area contributed by atoms with Crippen LogP contribution in [0.25, 0.3) is 11.3 Å². The van der Waals surface area contributed by atoms with Gasteiger partial charge in [0.1, 0.15) is 5.82 Å². The van der Waals surface area contributed by atoms with E-state index in [1.807, 2.05) is 24.4 Å². The second-order valence-electron chi connectivity index (χ2n) is 3.34. The quantitative estimate of drug-likeness (QED) is 0.799. The molecule has 0 bridgehead atoms. The fourth-order valence-electron chi connectivity index (χ4n) is 1.34. The number of aromatic amines is 1. The first-order valence-electron chi connectivity index (χ1n) is 5.10. The SMILES string of the molecule is CCCNc1cc(-c2cccnc2)[nH]n1. The Morgan fingerprint density at radius 2 is 2.40 bits per heavy atom. The summed E-state index contributed by atoms with van der Waals surface area (Å²) in [5, 5.41) is 10.4. The minimum atomic E-state index is 0.885. The van der Waals surface area contributed by atoms with E-state index in [-0.39, 0.29) is 0 Å². The van der Waals surface area contributed by atoms with Crippen molar-refractivity contribution in [2.45, 2.75) is 13.3 Å². The van der Waals surface area contributed by atoms with Crippen molar-refractivity contribution in [2.75, 3.05) is 11.9 Å². The molecule has 4 heteroatoms. The van der Waals surface area contributed by atoms with E-state index in [2.05, 4.69) is 27.4 Å². The van der Waals surface area contributed by atoms with Crippen LogP contribution in [0.4, 0.5) is 5.82 Å². The Labute approximate surface area is 88.8 Å². The van der Waals surface area contributed by atoms with Crippen LogP contribution < -0.4 is 5.32 Å². The molecular formula is C11H14N4. The molecular weight excluding hydrogens is 188 g/mol. The zero-order valence-corrected chi connectivity index (χ0v) is 8.70. The molecule has 0 saturated carbocycles. The van der Waals surface area contributed by atoms with Gasteiger partial charge < -0.3 is 5.32 Å². The van der Waals surface area contributed by atoms with Gasteiger partial charge in [-0.25, -0.2) is 0 Å². The number of pyridine rings is 1. The molecule has 2 rings (SSSR count). The highest BCUT2D eigenvalue weighted by Crippen LogP contribution is 2.17. The fraction of sp³-hybridized carbons (Fsp3) is 0.273. The molecule has 2 heterocycles. The van der Waals surface area contributed by atoms with Crippen molar-refractivity contribution in [2.24, 2.45) is 0 Å². The third-order valence-electron chi connectivity index (χ3n) is 2.11. The number of hydrogen-bond donors (Lipinski definition) is 2. The van der Waals surface area contributed by atoms with E-state index in [1.54, 1.807) is 6.20 Å². The van der Waals surface area contributed by atoms with Crippen LogP contribution in [-0.4, -0.2) is 21.7 Å². The number of nitrogens with one attached hydrogen (secondary N) is 2.